The van der Waals surface area contributed by atoms with Crippen LogP contribution in [0, 0.1) is 0 Å². The Morgan fingerprint density at radius 3 is 2.72 bits per heavy atom. The van der Waals surface area contributed by atoms with Gasteiger partial charge < -0.3 is 10.1 Å². The number of aliphatic carboxylic acids is 1. The molecule has 0 aliphatic rings. The van der Waals surface area contributed by atoms with Crippen LogP contribution in [0.25, 0.3) is 10.9 Å². The minimum Gasteiger partial charge on any atom is -0.480 e. The lowest BCUT2D eigenvalue weighted by Crippen LogP contribution is -2.29. The fourth-order valence-electron chi connectivity index (χ4n) is 1.97. The molecule has 0 aliphatic carbocycles. The molecule has 0 radical (unpaired) electrons. The first kappa shape index (κ1) is 12.6. The molecule has 2 N–H and O–H groups in total. The number of para-hydroxylation sites is 1. The molecule has 0 fully saturated rings. The number of H-pyrrole nitrogens is 1. The fraction of sp³-hybridized carbons (Fsp3) is 0.231. The molecule has 94 valence electrons. The summed E-state index contributed by atoms with van der Waals surface area (Å²) < 4.78 is 0. The normalized spacial score (nSPS) is 14.3. The number of pyridine rings is 1. The first-order valence-electron chi connectivity index (χ1n) is 5.54. The Morgan fingerprint density at radius 2 is 2.11 bits per heavy atom. The summed E-state index contributed by atoms with van der Waals surface area (Å²) in [6, 6.07) is 8.19. The van der Waals surface area contributed by atoms with Crippen LogP contribution in [-0.2, 0) is 9.67 Å². The van der Waals surface area contributed by atoms with Crippen LogP contribution >= 0.6 is 11.6 Å². The third-order valence-electron chi connectivity index (χ3n) is 3.01. The van der Waals surface area contributed by atoms with Gasteiger partial charge in [0.2, 0.25) is 5.56 Å². The number of nitrogens with one attached hydrogen (secondary N) is 1. The Kier molecular flexibility index (Phi) is 3.13. The Bertz CT molecular complexity index is 665. The molecule has 0 aliphatic heterocycles. The lowest BCUT2D eigenvalue weighted by Gasteiger charge is -2.22. The molecule has 2 aromatic rings. The molecule has 1 unspecified atom stereocenters. The van der Waals surface area contributed by atoms with Gasteiger partial charge in [-0.25, -0.2) is 4.79 Å². The van der Waals surface area contributed by atoms with Crippen molar-refractivity contribution >= 4 is 28.5 Å². The van der Waals surface area contributed by atoms with Gasteiger partial charge in [-0.2, -0.15) is 0 Å². The van der Waals surface area contributed by atoms with E-state index in [1.165, 1.54) is 6.07 Å². The summed E-state index contributed by atoms with van der Waals surface area (Å²) in [5, 5.41) is 10.0. The van der Waals surface area contributed by atoms with Gasteiger partial charge in [0, 0.05) is 11.6 Å². The lowest BCUT2D eigenvalue weighted by atomic mass is 9.93. The summed E-state index contributed by atoms with van der Waals surface area (Å²) in [4.78, 5) is 23.9. The average molecular weight is 266 g/mol. The summed E-state index contributed by atoms with van der Waals surface area (Å²) in [5.74, 6) is -1.12. The number of benzene rings is 1. The molecule has 0 saturated carbocycles. The molecule has 4 nitrogen and oxygen atoms in total. The van der Waals surface area contributed by atoms with Crippen LogP contribution in [0.1, 0.15) is 18.9 Å². The molecule has 0 bridgehead atoms. The number of fused-ring (bicyclic) bond motifs is 1. The first-order valence-corrected chi connectivity index (χ1v) is 5.91. The molecule has 18 heavy (non-hydrogen) atoms. The van der Waals surface area contributed by atoms with Crippen LogP contribution in [0.4, 0.5) is 0 Å². The van der Waals surface area contributed by atoms with Gasteiger partial charge in [-0.1, -0.05) is 25.1 Å². The first-order chi connectivity index (χ1) is 8.49. The number of carboxylic acid groups (broad SMARTS) is 1. The van der Waals surface area contributed by atoms with Crippen LogP contribution in [-0.4, -0.2) is 16.1 Å². The van der Waals surface area contributed by atoms with Crippen molar-refractivity contribution in [3.63, 3.8) is 0 Å². The van der Waals surface area contributed by atoms with Crippen LogP contribution in [0.3, 0.4) is 0 Å². The van der Waals surface area contributed by atoms with Crippen LogP contribution in [0.15, 0.2) is 35.1 Å². The standard InChI is InChI=1S/C13H12ClNO3/c1-2-13(14,12(17)18)9-5-3-4-8-6-7-10(16)15-11(8)9/h3-7H,2H2,1H3,(H,15,16)(H,17,18). The van der Waals surface area contributed by atoms with Gasteiger partial charge in [0.05, 0.1) is 5.52 Å². The van der Waals surface area contributed by atoms with Gasteiger partial charge in [-0.05, 0) is 17.9 Å². The number of hydrogen-bond donors (Lipinski definition) is 2. The molecule has 0 amide bonds. The highest BCUT2D eigenvalue weighted by Crippen LogP contribution is 2.36. The van der Waals surface area contributed by atoms with Gasteiger partial charge in [-0.15, -0.1) is 11.6 Å². The van der Waals surface area contributed by atoms with E-state index in [1.807, 2.05) is 0 Å². The highest BCUT2D eigenvalue weighted by molar-refractivity contribution is 6.34. The number of rotatable bonds is 3. The maximum atomic E-state index is 11.4. The summed E-state index contributed by atoms with van der Waals surface area (Å²) >= 11 is 6.19. The predicted octanol–water partition coefficient (Wildman–Crippen LogP) is 2.46. The van der Waals surface area contributed by atoms with Crippen molar-refractivity contribution < 1.29 is 9.90 Å². The molecule has 5 heteroatoms. The maximum Gasteiger partial charge on any atom is 0.329 e. The molecule has 2 rings (SSSR count). The summed E-state index contributed by atoms with van der Waals surface area (Å²) in [5.41, 5.74) is 0.606. The van der Waals surface area contributed by atoms with E-state index < -0.39 is 10.8 Å². The van der Waals surface area contributed by atoms with Crippen molar-refractivity contribution in [2.45, 2.75) is 18.2 Å². The quantitative estimate of drug-likeness (QED) is 0.838. The van der Waals surface area contributed by atoms with E-state index in [2.05, 4.69) is 4.98 Å². The molecule has 1 aromatic heterocycles. The highest BCUT2D eigenvalue weighted by atomic mass is 35.5. The molecule has 1 atom stereocenters. The second-order valence-electron chi connectivity index (χ2n) is 4.05. The zero-order chi connectivity index (χ0) is 13.3. The van der Waals surface area contributed by atoms with E-state index in [0.29, 0.717) is 11.1 Å². The van der Waals surface area contributed by atoms with Crippen molar-refractivity contribution in [2.75, 3.05) is 0 Å². The van der Waals surface area contributed by atoms with Gasteiger partial charge >= 0.3 is 5.97 Å². The number of aromatic amines is 1. The number of alkyl halides is 1. The van der Waals surface area contributed by atoms with Crippen molar-refractivity contribution in [1.29, 1.82) is 0 Å². The lowest BCUT2D eigenvalue weighted by molar-refractivity contribution is -0.140. The van der Waals surface area contributed by atoms with E-state index >= 15 is 0 Å². The largest absolute Gasteiger partial charge is 0.480 e. The van der Waals surface area contributed by atoms with E-state index in [0.717, 1.165) is 5.39 Å². The predicted molar refractivity (Wildman–Crippen MR) is 70.0 cm³/mol. The van der Waals surface area contributed by atoms with Gasteiger partial charge in [0.25, 0.3) is 0 Å². The molecular formula is C13H12ClNO3. The number of carboxylic acids is 1. The summed E-state index contributed by atoms with van der Waals surface area (Å²) in [7, 11) is 0. The number of hydrogen-bond acceptors (Lipinski definition) is 2. The van der Waals surface area contributed by atoms with Crippen LogP contribution in [0.2, 0.25) is 0 Å². The van der Waals surface area contributed by atoms with Crippen molar-refractivity contribution in [3.8, 4) is 0 Å². The molecular weight excluding hydrogens is 254 g/mol. The zero-order valence-electron chi connectivity index (χ0n) is 9.74. The van der Waals surface area contributed by atoms with Crippen LogP contribution in [0.5, 0.6) is 0 Å². The SMILES string of the molecule is CCC(Cl)(C(=O)O)c1cccc2ccc(=O)[nH]c12. The molecule has 1 aromatic carbocycles. The monoisotopic (exact) mass is 265 g/mol. The van der Waals surface area contributed by atoms with Gasteiger partial charge in [0.1, 0.15) is 0 Å². The van der Waals surface area contributed by atoms with E-state index in [-0.39, 0.29) is 12.0 Å². The number of carbonyl (C=O) groups is 1. The molecule has 1 heterocycles. The fourth-order valence-corrected chi connectivity index (χ4v) is 2.12. The van der Waals surface area contributed by atoms with Crippen molar-refractivity contribution in [2.24, 2.45) is 0 Å². The minimum absolute atomic E-state index is 0.222. The van der Waals surface area contributed by atoms with E-state index in [1.54, 1.807) is 31.2 Å². The van der Waals surface area contributed by atoms with E-state index in [9.17, 15) is 14.7 Å². The van der Waals surface area contributed by atoms with Gasteiger partial charge in [0.15, 0.2) is 4.87 Å². The number of halogens is 1. The topological polar surface area (TPSA) is 70.2 Å². The third kappa shape index (κ3) is 1.88. The zero-order valence-corrected chi connectivity index (χ0v) is 10.5. The highest BCUT2D eigenvalue weighted by Gasteiger charge is 2.37. The molecule has 0 saturated heterocycles. The summed E-state index contributed by atoms with van der Waals surface area (Å²) in [6.45, 7) is 1.70. The van der Waals surface area contributed by atoms with Crippen LogP contribution < -0.4 is 5.56 Å². The Morgan fingerprint density at radius 1 is 1.39 bits per heavy atom. The maximum absolute atomic E-state index is 11.4. The Balaban J connectivity index is 2.82. The van der Waals surface area contributed by atoms with Crippen molar-refractivity contribution in [1.82, 2.24) is 4.98 Å². The molecule has 0 spiro atoms. The van der Waals surface area contributed by atoms with Crippen molar-refractivity contribution in [3.05, 3.63) is 46.2 Å². The number of aromatic nitrogens is 1. The van der Waals surface area contributed by atoms with E-state index in [4.69, 9.17) is 11.6 Å². The van der Waals surface area contributed by atoms with Gasteiger partial charge in [-0.3, -0.25) is 4.79 Å². The average Bonchev–Trinajstić information content (AvgIpc) is 2.36. The Hall–Kier alpha value is -1.81. The second kappa shape index (κ2) is 4.46. The second-order valence-corrected chi connectivity index (χ2v) is 4.70. The smallest absolute Gasteiger partial charge is 0.329 e. The minimum atomic E-state index is -1.52. The summed E-state index contributed by atoms with van der Waals surface area (Å²) in [6.07, 6.45) is 0.222. The Labute approximate surface area is 108 Å². The third-order valence-corrected chi connectivity index (χ3v) is 3.64.